The molecule has 69 valence electrons. The van der Waals surface area contributed by atoms with Crippen LogP contribution < -0.4 is 16.4 Å². The minimum atomic E-state index is -0.725. The molecule has 0 aliphatic rings. The molecule has 0 bridgehead atoms. The zero-order valence-electron chi connectivity index (χ0n) is 7.64. The van der Waals surface area contributed by atoms with E-state index in [4.69, 9.17) is 11.5 Å². The minimum absolute atomic E-state index is 0. The van der Waals surface area contributed by atoms with Crippen molar-refractivity contribution < 1.29 is 52.1 Å². The van der Waals surface area contributed by atoms with Gasteiger partial charge in [-0.15, -0.1) is 0 Å². The largest absolute Gasteiger partial charge is 0 e. The van der Waals surface area contributed by atoms with Crippen LogP contribution in [0.15, 0.2) is 0 Å². The van der Waals surface area contributed by atoms with E-state index in [2.05, 4.69) is 31.4 Å². The fourth-order valence-corrected chi connectivity index (χ4v) is 2.07. The van der Waals surface area contributed by atoms with Crippen LogP contribution in [0.3, 0.4) is 0 Å². The molecule has 0 saturated carbocycles. The first kappa shape index (κ1) is 16.0. The maximum atomic E-state index is 7.04. The summed E-state index contributed by atoms with van der Waals surface area (Å²) in [6.45, 7) is 6.19. The van der Waals surface area contributed by atoms with Gasteiger partial charge in [0.25, 0.3) is 0 Å². The molecule has 1 unspecified atom stereocenters. The topological polar surface area (TPSA) is 73.9 Å². The van der Waals surface area contributed by atoms with Gasteiger partial charge in [0.2, 0.25) is 0 Å². The third-order valence-electron chi connectivity index (χ3n) is 0.775. The average Bonchev–Trinajstić information content (AvgIpc) is 1.53. The number of rotatable bonds is 3. The van der Waals surface area contributed by atoms with Crippen LogP contribution in [-0.4, -0.2) is 16.0 Å². The SMILES string of the molecule is CC(C)(C)N[C](=[W])NC([NH-])N.[Y]. The van der Waals surface area contributed by atoms with Crippen molar-refractivity contribution in [2.24, 2.45) is 5.73 Å². The van der Waals surface area contributed by atoms with E-state index >= 15 is 0 Å². The van der Waals surface area contributed by atoms with E-state index in [-0.39, 0.29) is 38.2 Å². The Balaban J connectivity index is 0. The van der Waals surface area contributed by atoms with Crippen LogP contribution in [0, 0.1) is 0 Å². The summed E-state index contributed by atoms with van der Waals surface area (Å²) in [6, 6.07) is 0. The van der Waals surface area contributed by atoms with Gasteiger partial charge in [0.1, 0.15) is 0 Å². The molecule has 0 rings (SSSR count). The van der Waals surface area contributed by atoms with Crippen molar-refractivity contribution in [1.82, 2.24) is 10.6 Å². The molecule has 1 atom stereocenters. The summed E-state index contributed by atoms with van der Waals surface area (Å²) >= 11 is 1.26. The molecule has 5 N–H and O–H groups in total. The monoisotopic (exact) mass is 416 g/mol. The summed E-state index contributed by atoms with van der Waals surface area (Å²) in [5, 5.41) is 5.98. The Hall–Kier alpha value is 1.50. The predicted octanol–water partition coefficient (Wildman–Crippen LogP) is -0.110. The molecule has 0 fully saturated rings. The molecule has 12 heavy (non-hydrogen) atoms. The fourth-order valence-electron chi connectivity index (χ4n) is 0.518. The second-order valence-corrected chi connectivity index (χ2v) is 4.79. The van der Waals surface area contributed by atoms with Crippen LogP contribution in [0.1, 0.15) is 20.8 Å². The Morgan fingerprint density at radius 2 is 1.92 bits per heavy atom. The van der Waals surface area contributed by atoms with Gasteiger partial charge < -0.3 is 0 Å². The van der Waals surface area contributed by atoms with Crippen molar-refractivity contribution in [1.29, 1.82) is 0 Å². The van der Waals surface area contributed by atoms with E-state index in [1.54, 1.807) is 0 Å². The number of hydrogen-bond acceptors (Lipinski definition) is 3. The Labute approximate surface area is 110 Å². The number of nitrogens with two attached hydrogens (primary N) is 1. The quantitative estimate of drug-likeness (QED) is 0.563. The Bertz CT molecular complexity index is 143. The molecule has 0 aromatic carbocycles. The van der Waals surface area contributed by atoms with Gasteiger partial charge in [-0.05, 0) is 0 Å². The van der Waals surface area contributed by atoms with Crippen molar-refractivity contribution in [3.05, 3.63) is 5.73 Å². The third kappa shape index (κ3) is 11.5. The smallest absolute Gasteiger partial charge is 0 e. The van der Waals surface area contributed by atoms with Crippen molar-refractivity contribution >= 4 is 4.15 Å². The summed E-state index contributed by atoms with van der Waals surface area (Å²) in [5.41, 5.74) is 12.3. The van der Waals surface area contributed by atoms with Gasteiger partial charge in [-0.1, -0.05) is 0 Å². The normalized spacial score (nSPS) is 13.4. The summed E-state index contributed by atoms with van der Waals surface area (Å²) in [6.07, 6.45) is -0.725. The molecule has 0 aliphatic heterocycles. The maximum Gasteiger partial charge on any atom is 0 e. The van der Waals surface area contributed by atoms with Gasteiger partial charge in [0.05, 0.1) is 0 Å². The number of nitrogens with one attached hydrogen (secondary N) is 3. The van der Waals surface area contributed by atoms with Gasteiger partial charge in [-0.3, -0.25) is 0 Å². The summed E-state index contributed by atoms with van der Waals surface area (Å²) in [7, 11) is 0. The van der Waals surface area contributed by atoms with Crippen LogP contribution in [0.4, 0.5) is 0 Å². The predicted molar refractivity (Wildman–Crippen MR) is 43.3 cm³/mol. The molecular weight excluding hydrogens is 401 g/mol. The van der Waals surface area contributed by atoms with Crippen molar-refractivity contribution in [3.8, 4) is 0 Å². The van der Waals surface area contributed by atoms with Crippen LogP contribution in [-0.2, 0) is 52.1 Å². The van der Waals surface area contributed by atoms with Gasteiger partial charge in [-0.25, -0.2) is 0 Å². The van der Waals surface area contributed by atoms with Gasteiger partial charge in [-0.2, -0.15) is 0 Å². The second kappa shape index (κ2) is 6.88. The first-order chi connectivity index (χ1) is 4.81. The van der Waals surface area contributed by atoms with Crippen molar-refractivity contribution in [3.63, 3.8) is 0 Å². The minimum Gasteiger partial charge on any atom is 0 e. The van der Waals surface area contributed by atoms with E-state index in [0.29, 0.717) is 0 Å². The summed E-state index contributed by atoms with van der Waals surface area (Å²) in [4.78, 5) is 0. The maximum absolute atomic E-state index is 7.04. The summed E-state index contributed by atoms with van der Waals surface area (Å²) < 4.78 is 0.917. The Morgan fingerprint density at radius 3 is 2.17 bits per heavy atom. The van der Waals surface area contributed by atoms with Crippen LogP contribution in [0.5, 0.6) is 0 Å². The molecule has 6 heteroatoms. The molecule has 0 aliphatic carbocycles. The standard InChI is InChI=1S/C6H15N4.W.Y/c1-6(2,3)10-4-9-5(7)8;;/h5,7,9-10H,8H2,1-3H3;;/q-1;;. The zero-order chi connectivity index (χ0) is 9.07. The molecule has 0 amide bonds. The first-order valence-corrected chi connectivity index (χ1v) is 4.83. The summed E-state index contributed by atoms with van der Waals surface area (Å²) in [5.74, 6) is 0. The molecule has 0 aromatic rings. The van der Waals surface area contributed by atoms with Gasteiger partial charge in [0.15, 0.2) is 0 Å². The molecule has 0 spiro atoms. The van der Waals surface area contributed by atoms with E-state index < -0.39 is 6.29 Å². The van der Waals surface area contributed by atoms with E-state index in [9.17, 15) is 0 Å². The second-order valence-electron chi connectivity index (χ2n) is 3.33. The van der Waals surface area contributed by atoms with Crippen molar-refractivity contribution in [2.45, 2.75) is 32.6 Å². The van der Waals surface area contributed by atoms with Crippen LogP contribution in [0.2, 0.25) is 0 Å². The van der Waals surface area contributed by atoms with Crippen LogP contribution >= 0.6 is 0 Å². The fraction of sp³-hybridized carbons (Fsp3) is 0.833. The van der Waals surface area contributed by atoms with E-state index in [1.807, 2.05) is 0 Å². The zero-order valence-corrected chi connectivity index (χ0v) is 13.4. The first-order valence-electron chi connectivity index (χ1n) is 3.36. The Kier molecular flexibility index (Phi) is 9.15. The molecule has 1 radical (unpaired) electrons. The van der Waals surface area contributed by atoms with Crippen LogP contribution in [0.25, 0.3) is 5.73 Å². The third-order valence-corrected chi connectivity index (χ3v) is 1.57. The molecular formula is C6H15N4WY-. The molecule has 0 heterocycles. The average molecular weight is 416 g/mol. The number of hydrogen-bond donors (Lipinski definition) is 3. The van der Waals surface area contributed by atoms with Gasteiger partial charge in [0, 0.05) is 32.7 Å². The molecule has 0 saturated heterocycles. The Morgan fingerprint density at radius 1 is 1.50 bits per heavy atom. The molecule has 0 aromatic heterocycles. The van der Waals surface area contributed by atoms with E-state index in [0.717, 1.165) is 4.15 Å². The van der Waals surface area contributed by atoms with Crippen molar-refractivity contribution in [2.75, 3.05) is 0 Å². The van der Waals surface area contributed by atoms with E-state index in [1.165, 1.54) is 19.4 Å². The van der Waals surface area contributed by atoms with Gasteiger partial charge >= 0.3 is 78.2 Å². The molecule has 4 nitrogen and oxygen atoms in total.